The Balaban J connectivity index is 1.01. The van der Waals surface area contributed by atoms with Crippen LogP contribution in [0, 0.1) is 0 Å². The molecular weight excluding hydrogens is 685 g/mol. The molecule has 0 unspecified atom stereocenters. The molecule has 0 spiro atoms. The van der Waals surface area contributed by atoms with E-state index >= 15 is 0 Å². The summed E-state index contributed by atoms with van der Waals surface area (Å²) >= 11 is 0. The summed E-state index contributed by atoms with van der Waals surface area (Å²) in [6, 6.07) is 28.5. The van der Waals surface area contributed by atoms with Crippen LogP contribution in [0.4, 0.5) is 5.69 Å². The van der Waals surface area contributed by atoms with Gasteiger partial charge in [-0.15, -0.1) is 0 Å². The zero-order chi connectivity index (χ0) is 37.7. The maximum absolute atomic E-state index is 5.98. The maximum atomic E-state index is 5.98. The van der Waals surface area contributed by atoms with Crippen molar-refractivity contribution in [3.8, 4) is 45.5 Å². The third-order valence-corrected chi connectivity index (χ3v) is 12.2. The molecule has 2 aromatic heterocycles. The first-order chi connectivity index (χ1) is 27.0. The number of hydrogen-bond donors (Lipinski definition) is 0. The van der Waals surface area contributed by atoms with E-state index in [1.54, 1.807) is 28.4 Å². The molecule has 2 saturated carbocycles. The monoisotopic (exact) mass is 738 g/mol. The fourth-order valence-electron chi connectivity index (χ4n) is 8.63. The van der Waals surface area contributed by atoms with Crippen molar-refractivity contribution in [3.63, 3.8) is 0 Å². The largest absolute Gasteiger partial charge is 0.497 e. The Morgan fingerprint density at radius 3 is 2.00 bits per heavy atom. The van der Waals surface area contributed by atoms with Crippen LogP contribution in [0.1, 0.15) is 85.5 Å². The minimum absolute atomic E-state index is 0.359. The summed E-state index contributed by atoms with van der Waals surface area (Å²) in [5.74, 6) is 4.66. The average Bonchev–Trinajstić information content (AvgIpc) is 3.19. The summed E-state index contributed by atoms with van der Waals surface area (Å²) in [6.45, 7) is 3.65. The van der Waals surface area contributed by atoms with Crippen molar-refractivity contribution in [2.45, 2.75) is 82.3 Å². The van der Waals surface area contributed by atoms with Gasteiger partial charge in [-0.05, 0) is 140 Å². The second-order valence-corrected chi connectivity index (χ2v) is 15.4. The van der Waals surface area contributed by atoms with Crippen molar-refractivity contribution in [3.05, 3.63) is 114 Å². The second-order valence-electron chi connectivity index (χ2n) is 15.4. The Hall–Kier alpha value is -5.08. The molecule has 8 rings (SSSR count). The van der Waals surface area contributed by atoms with Gasteiger partial charge in [0.25, 0.3) is 0 Å². The van der Waals surface area contributed by atoms with E-state index in [0.717, 1.165) is 84.5 Å². The second kappa shape index (κ2) is 16.7. The van der Waals surface area contributed by atoms with E-state index in [-0.39, 0.29) is 0 Å². The lowest BCUT2D eigenvalue weighted by Crippen LogP contribution is -2.44. The van der Waals surface area contributed by atoms with Crippen LogP contribution in [0.25, 0.3) is 22.5 Å². The Morgan fingerprint density at radius 1 is 0.655 bits per heavy atom. The van der Waals surface area contributed by atoms with E-state index in [4.69, 9.17) is 28.9 Å². The Kier molecular flexibility index (Phi) is 11.2. The lowest BCUT2D eigenvalue weighted by atomic mass is 9.78. The van der Waals surface area contributed by atoms with E-state index in [2.05, 4.69) is 82.6 Å². The fourth-order valence-corrected chi connectivity index (χ4v) is 8.63. The van der Waals surface area contributed by atoms with Gasteiger partial charge in [0, 0.05) is 67.0 Å². The van der Waals surface area contributed by atoms with Crippen LogP contribution in [-0.2, 0) is 13.1 Å². The van der Waals surface area contributed by atoms with Crippen LogP contribution >= 0.6 is 0 Å². The van der Waals surface area contributed by atoms with Gasteiger partial charge in [0.05, 0.1) is 39.8 Å². The summed E-state index contributed by atoms with van der Waals surface area (Å²) in [6.07, 6.45) is 13.4. The standard InChI is InChI=1S/C47H54N4O4/c1-52-41-15-13-39(14-16-41)51(31-35-12-7-20-49-47(35)38-28-44(54-3)46(34-10-6-11-34)45(29-38)55-4)40-18-22-50(23-19-40)30-32-17-21-48-43(24-32)37-25-36(33-8-5-9-33)26-42(27-37)53-2/h7,12-17,20-21,24-29,33-34,40H,5-6,8-11,18-19,22-23,30-31H2,1-4H3. The first-order valence-corrected chi connectivity index (χ1v) is 20.0. The van der Waals surface area contributed by atoms with Crippen molar-refractivity contribution in [1.82, 2.24) is 14.9 Å². The highest BCUT2D eigenvalue weighted by Gasteiger charge is 2.30. The molecular formula is C47H54N4O4. The molecule has 1 saturated heterocycles. The normalized spacial score (nSPS) is 16.6. The van der Waals surface area contributed by atoms with Crippen molar-refractivity contribution in [1.29, 1.82) is 0 Å². The Morgan fingerprint density at radius 2 is 1.36 bits per heavy atom. The van der Waals surface area contributed by atoms with Gasteiger partial charge in [-0.1, -0.05) is 18.9 Å². The van der Waals surface area contributed by atoms with Crippen LogP contribution in [0.2, 0.25) is 0 Å². The molecule has 8 nitrogen and oxygen atoms in total. The number of hydrogen-bond acceptors (Lipinski definition) is 8. The molecule has 8 heteroatoms. The van der Waals surface area contributed by atoms with Gasteiger partial charge < -0.3 is 23.8 Å². The van der Waals surface area contributed by atoms with Gasteiger partial charge in [0.2, 0.25) is 0 Å². The zero-order valence-electron chi connectivity index (χ0n) is 32.8. The predicted molar refractivity (Wildman–Crippen MR) is 220 cm³/mol. The first kappa shape index (κ1) is 36.9. The van der Waals surface area contributed by atoms with Crippen molar-refractivity contribution in [2.24, 2.45) is 0 Å². The number of ether oxygens (including phenoxy) is 4. The van der Waals surface area contributed by atoms with Gasteiger partial charge >= 0.3 is 0 Å². The molecule has 0 bridgehead atoms. The molecule has 2 aliphatic carbocycles. The smallest absolute Gasteiger partial charge is 0.126 e. The third-order valence-electron chi connectivity index (χ3n) is 12.2. The number of rotatable bonds is 14. The van der Waals surface area contributed by atoms with Crippen LogP contribution in [0.5, 0.6) is 23.0 Å². The van der Waals surface area contributed by atoms with Crippen LogP contribution < -0.4 is 23.8 Å². The van der Waals surface area contributed by atoms with Crippen molar-refractivity contribution >= 4 is 5.69 Å². The molecule has 5 aromatic rings. The van der Waals surface area contributed by atoms with Crippen LogP contribution in [0.15, 0.2) is 91.3 Å². The fraction of sp³-hybridized carbons (Fsp3) is 0.404. The van der Waals surface area contributed by atoms with Gasteiger partial charge in [0.15, 0.2) is 0 Å². The number of methoxy groups -OCH3 is 4. The Bertz CT molecular complexity index is 2040. The quantitative estimate of drug-likeness (QED) is 0.112. The molecule has 1 aliphatic heterocycles. The number of benzene rings is 3. The van der Waals surface area contributed by atoms with Gasteiger partial charge in [0.1, 0.15) is 23.0 Å². The summed E-state index contributed by atoms with van der Waals surface area (Å²) in [4.78, 5) is 14.9. The number of likely N-dealkylation sites (tertiary alicyclic amines) is 1. The highest BCUT2D eigenvalue weighted by molar-refractivity contribution is 5.70. The van der Waals surface area contributed by atoms with Gasteiger partial charge in [-0.25, -0.2) is 0 Å². The number of nitrogens with zero attached hydrogens (tertiary/aromatic N) is 4. The highest BCUT2D eigenvalue weighted by atomic mass is 16.5. The summed E-state index contributed by atoms with van der Waals surface area (Å²) < 4.78 is 23.2. The molecule has 0 amide bonds. The van der Waals surface area contributed by atoms with E-state index in [1.807, 2.05) is 18.5 Å². The average molecular weight is 739 g/mol. The number of pyridine rings is 2. The van der Waals surface area contributed by atoms with Gasteiger partial charge in [-0.3, -0.25) is 14.9 Å². The highest BCUT2D eigenvalue weighted by Crippen LogP contribution is 2.47. The summed E-state index contributed by atoms with van der Waals surface area (Å²) in [7, 11) is 7.00. The molecule has 3 heterocycles. The van der Waals surface area contributed by atoms with E-state index in [1.165, 1.54) is 66.5 Å². The Labute approximate surface area is 326 Å². The summed E-state index contributed by atoms with van der Waals surface area (Å²) in [5.41, 5.74) is 10.3. The minimum atomic E-state index is 0.359. The number of piperidine rings is 1. The van der Waals surface area contributed by atoms with Crippen molar-refractivity contribution < 1.29 is 18.9 Å². The topological polar surface area (TPSA) is 69.2 Å². The zero-order valence-corrected chi connectivity index (χ0v) is 32.8. The molecule has 0 atom stereocenters. The SMILES string of the molecule is COc1ccc(N(Cc2cccnc2-c2cc(OC)c(C3CCC3)c(OC)c2)C2CCN(Cc3ccnc(-c4cc(OC)cc(C5CCC5)c4)c3)CC2)cc1. The van der Waals surface area contributed by atoms with Crippen molar-refractivity contribution in [2.75, 3.05) is 46.4 Å². The predicted octanol–water partition coefficient (Wildman–Crippen LogP) is 10.1. The van der Waals surface area contributed by atoms with Crippen LogP contribution in [0.3, 0.4) is 0 Å². The maximum Gasteiger partial charge on any atom is 0.126 e. The molecule has 3 fully saturated rings. The first-order valence-electron chi connectivity index (χ1n) is 20.0. The molecule has 55 heavy (non-hydrogen) atoms. The number of aromatic nitrogens is 2. The molecule has 3 aromatic carbocycles. The lowest BCUT2D eigenvalue weighted by Gasteiger charge is -2.40. The minimum Gasteiger partial charge on any atom is -0.497 e. The third kappa shape index (κ3) is 8.01. The number of anilines is 1. The van der Waals surface area contributed by atoms with E-state index < -0.39 is 0 Å². The molecule has 286 valence electrons. The van der Waals surface area contributed by atoms with Crippen LogP contribution in [-0.4, -0.2) is 62.4 Å². The van der Waals surface area contributed by atoms with E-state index in [9.17, 15) is 0 Å². The van der Waals surface area contributed by atoms with Gasteiger partial charge in [-0.2, -0.15) is 0 Å². The molecule has 3 aliphatic rings. The summed E-state index contributed by atoms with van der Waals surface area (Å²) in [5, 5.41) is 0. The molecule has 0 radical (unpaired) electrons. The lowest BCUT2D eigenvalue weighted by molar-refractivity contribution is 0.201. The molecule has 0 N–H and O–H groups in total. The van der Waals surface area contributed by atoms with E-state index in [0.29, 0.717) is 17.9 Å².